The molecule has 0 saturated heterocycles. The highest BCUT2D eigenvalue weighted by Gasteiger charge is 2.56. The van der Waals surface area contributed by atoms with E-state index in [2.05, 4.69) is 10.6 Å². The van der Waals surface area contributed by atoms with E-state index in [4.69, 9.17) is 16.9 Å². The average molecular weight is 354 g/mol. The standard InChI is InChI=1S/C19H16ClN3O2/c1-12-9-14(20)5-6-16(12)23-18(25)19(7-8-19)17(24)22-15-4-2-3-13(10-15)11-21/h2-6,9-10H,7-8H2,1H3,(H,22,24)(H,23,25). The summed E-state index contributed by atoms with van der Waals surface area (Å²) in [5.41, 5.74) is 1.36. The molecule has 3 rings (SSSR count). The number of benzene rings is 2. The molecule has 0 bridgehead atoms. The van der Waals surface area contributed by atoms with Crippen molar-refractivity contribution >= 4 is 34.8 Å². The Morgan fingerprint density at radius 1 is 1.12 bits per heavy atom. The number of rotatable bonds is 4. The van der Waals surface area contributed by atoms with Crippen LogP contribution in [-0.2, 0) is 9.59 Å². The predicted molar refractivity (Wildman–Crippen MR) is 96.3 cm³/mol. The molecule has 0 atom stereocenters. The number of carbonyl (C=O) groups excluding carboxylic acids is 2. The van der Waals surface area contributed by atoms with Gasteiger partial charge in [0.1, 0.15) is 5.41 Å². The van der Waals surface area contributed by atoms with Crippen molar-refractivity contribution in [2.75, 3.05) is 10.6 Å². The zero-order valence-corrected chi connectivity index (χ0v) is 14.4. The SMILES string of the molecule is Cc1cc(Cl)ccc1NC(=O)C1(C(=O)Nc2cccc(C#N)c2)CC1. The molecule has 25 heavy (non-hydrogen) atoms. The lowest BCUT2D eigenvalue weighted by Crippen LogP contribution is -2.35. The molecule has 2 aromatic rings. The van der Waals surface area contributed by atoms with Gasteiger partial charge in [-0.1, -0.05) is 17.7 Å². The van der Waals surface area contributed by atoms with Crippen LogP contribution in [0.5, 0.6) is 0 Å². The van der Waals surface area contributed by atoms with Crippen molar-refractivity contribution in [3.63, 3.8) is 0 Å². The zero-order valence-electron chi connectivity index (χ0n) is 13.6. The van der Waals surface area contributed by atoms with Crippen LogP contribution in [0.4, 0.5) is 11.4 Å². The Hall–Kier alpha value is -2.84. The number of nitrogens with one attached hydrogen (secondary N) is 2. The van der Waals surface area contributed by atoms with Crippen LogP contribution in [0.15, 0.2) is 42.5 Å². The summed E-state index contributed by atoms with van der Waals surface area (Å²) in [7, 11) is 0. The van der Waals surface area contributed by atoms with Gasteiger partial charge in [0, 0.05) is 16.4 Å². The summed E-state index contributed by atoms with van der Waals surface area (Å²) in [5.74, 6) is -0.682. The van der Waals surface area contributed by atoms with Crippen LogP contribution in [0.1, 0.15) is 24.0 Å². The summed E-state index contributed by atoms with van der Waals surface area (Å²) in [6, 6.07) is 13.8. The normalized spacial score (nSPS) is 14.3. The Morgan fingerprint density at radius 2 is 1.84 bits per heavy atom. The third-order valence-electron chi connectivity index (χ3n) is 4.31. The second-order valence-corrected chi connectivity index (χ2v) is 6.58. The van der Waals surface area contributed by atoms with Gasteiger partial charge in [-0.05, 0) is 61.7 Å². The molecule has 0 aromatic heterocycles. The third kappa shape index (κ3) is 3.49. The molecule has 0 spiro atoms. The van der Waals surface area contributed by atoms with Gasteiger partial charge < -0.3 is 10.6 Å². The Morgan fingerprint density at radius 3 is 2.48 bits per heavy atom. The summed E-state index contributed by atoms with van der Waals surface area (Å²) in [5, 5.41) is 15.1. The summed E-state index contributed by atoms with van der Waals surface area (Å²) in [4.78, 5) is 25.2. The van der Waals surface area contributed by atoms with E-state index in [0.29, 0.717) is 34.8 Å². The Balaban J connectivity index is 1.73. The third-order valence-corrected chi connectivity index (χ3v) is 4.54. The number of hydrogen-bond acceptors (Lipinski definition) is 3. The van der Waals surface area contributed by atoms with Gasteiger partial charge in [-0.2, -0.15) is 5.26 Å². The number of aryl methyl sites for hydroxylation is 1. The highest BCUT2D eigenvalue weighted by Crippen LogP contribution is 2.47. The fraction of sp³-hybridized carbons (Fsp3) is 0.211. The van der Waals surface area contributed by atoms with Crippen molar-refractivity contribution in [3.8, 4) is 6.07 Å². The van der Waals surface area contributed by atoms with Gasteiger partial charge in [-0.15, -0.1) is 0 Å². The van der Waals surface area contributed by atoms with Crippen molar-refractivity contribution < 1.29 is 9.59 Å². The van der Waals surface area contributed by atoms with Gasteiger partial charge in [-0.3, -0.25) is 9.59 Å². The molecule has 1 aliphatic carbocycles. The van der Waals surface area contributed by atoms with Crippen LogP contribution in [-0.4, -0.2) is 11.8 Å². The monoisotopic (exact) mass is 353 g/mol. The first-order valence-corrected chi connectivity index (χ1v) is 8.22. The van der Waals surface area contributed by atoms with E-state index in [0.717, 1.165) is 5.56 Å². The zero-order chi connectivity index (χ0) is 18.0. The van der Waals surface area contributed by atoms with Crippen LogP contribution in [0.3, 0.4) is 0 Å². The highest BCUT2D eigenvalue weighted by molar-refractivity contribution is 6.30. The largest absolute Gasteiger partial charge is 0.325 e. The summed E-state index contributed by atoms with van der Waals surface area (Å²) in [6.07, 6.45) is 0.991. The first-order valence-electron chi connectivity index (χ1n) is 7.84. The molecule has 1 aliphatic rings. The summed E-state index contributed by atoms with van der Waals surface area (Å²) < 4.78 is 0. The maximum Gasteiger partial charge on any atom is 0.240 e. The van der Waals surface area contributed by atoms with Crippen LogP contribution in [0, 0.1) is 23.7 Å². The minimum atomic E-state index is -1.06. The molecule has 0 aliphatic heterocycles. The smallest absolute Gasteiger partial charge is 0.240 e. The highest BCUT2D eigenvalue weighted by atomic mass is 35.5. The number of carbonyl (C=O) groups is 2. The van der Waals surface area contributed by atoms with E-state index in [1.54, 1.807) is 42.5 Å². The molecule has 1 saturated carbocycles. The lowest BCUT2D eigenvalue weighted by Gasteiger charge is -2.16. The first kappa shape index (κ1) is 17.0. The number of hydrogen-bond donors (Lipinski definition) is 2. The number of halogens is 1. The number of nitrogens with zero attached hydrogens (tertiary/aromatic N) is 1. The minimum Gasteiger partial charge on any atom is -0.325 e. The first-order chi connectivity index (χ1) is 11.9. The van der Waals surface area contributed by atoms with Crippen molar-refractivity contribution in [1.29, 1.82) is 5.26 Å². The Bertz CT molecular complexity index is 898. The molecular weight excluding hydrogens is 338 g/mol. The molecule has 126 valence electrons. The number of anilines is 2. The Kier molecular flexibility index (Phi) is 4.47. The van der Waals surface area contributed by atoms with Gasteiger partial charge in [-0.25, -0.2) is 0 Å². The van der Waals surface area contributed by atoms with Gasteiger partial charge >= 0.3 is 0 Å². The minimum absolute atomic E-state index is 0.327. The second-order valence-electron chi connectivity index (χ2n) is 6.14. The molecule has 0 unspecified atom stereocenters. The topological polar surface area (TPSA) is 82.0 Å². The quantitative estimate of drug-likeness (QED) is 0.818. The predicted octanol–water partition coefficient (Wildman–Crippen LogP) is 3.88. The van der Waals surface area contributed by atoms with Crippen molar-refractivity contribution in [2.24, 2.45) is 5.41 Å². The van der Waals surface area contributed by atoms with Crippen molar-refractivity contribution in [2.45, 2.75) is 19.8 Å². The number of nitriles is 1. The van der Waals surface area contributed by atoms with Crippen LogP contribution < -0.4 is 10.6 Å². The summed E-state index contributed by atoms with van der Waals surface area (Å²) >= 11 is 5.92. The van der Waals surface area contributed by atoms with Gasteiger partial charge in [0.25, 0.3) is 0 Å². The van der Waals surface area contributed by atoms with Crippen LogP contribution >= 0.6 is 11.6 Å². The second kappa shape index (κ2) is 6.58. The molecule has 5 nitrogen and oxygen atoms in total. The lowest BCUT2D eigenvalue weighted by atomic mass is 10.0. The summed E-state index contributed by atoms with van der Waals surface area (Å²) in [6.45, 7) is 1.84. The molecule has 6 heteroatoms. The number of amides is 2. The van der Waals surface area contributed by atoms with Crippen molar-refractivity contribution in [3.05, 3.63) is 58.6 Å². The lowest BCUT2D eigenvalue weighted by molar-refractivity contribution is -0.131. The van der Waals surface area contributed by atoms with E-state index in [9.17, 15) is 9.59 Å². The van der Waals surface area contributed by atoms with Gasteiger partial charge in [0.05, 0.1) is 11.6 Å². The molecule has 2 amide bonds. The molecule has 2 aromatic carbocycles. The van der Waals surface area contributed by atoms with Crippen molar-refractivity contribution in [1.82, 2.24) is 0 Å². The molecule has 0 radical (unpaired) electrons. The van der Waals surface area contributed by atoms with E-state index in [-0.39, 0.29) is 11.8 Å². The van der Waals surface area contributed by atoms with Gasteiger partial charge in [0.2, 0.25) is 11.8 Å². The molecule has 2 N–H and O–H groups in total. The van der Waals surface area contributed by atoms with E-state index in [1.807, 2.05) is 13.0 Å². The Labute approximate surface area is 150 Å². The van der Waals surface area contributed by atoms with E-state index < -0.39 is 5.41 Å². The maximum absolute atomic E-state index is 12.6. The fourth-order valence-electron chi connectivity index (χ4n) is 2.61. The van der Waals surface area contributed by atoms with E-state index >= 15 is 0 Å². The van der Waals surface area contributed by atoms with Crippen LogP contribution in [0.25, 0.3) is 0 Å². The van der Waals surface area contributed by atoms with E-state index in [1.165, 1.54) is 0 Å². The van der Waals surface area contributed by atoms with Gasteiger partial charge in [0.15, 0.2) is 0 Å². The van der Waals surface area contributed by atoms with Crippen LogP contribution in [0.2, 0.25) is 5.02 Å². The molecular formula is C19H16ClN3O2. The fourth-order valence-corrected chi connectivity index (χ4v) is 2.84. The average Bonchev–Trinajstić information content (AvgIpc) is 3.39. The maximum atomic E-state index is 12.6. The molecule has 1 fully saturated rings. The molecule has 0 heterocycles.